The average molecular weight is 176 g/mol. The molecule has 66 valence electrons. The fraction of sp³-hybridized carbons (Fsp3) is 0.111. The third-order valence-electron chi connectivity index (χ3n) is 2.01. The van der Waals surface area contributed by atoms with Crippen molar-refractivity contribution in [3.63, 3.8) is 0 Å². The summed E-state index contributed by atoms with van der Waals surface area (Å²) in [6.45, 7) is 1.83. The van der Waals surface area contributed by atoms with Gasteiger partial charge in [-0.15, -0.1) is 0 Å². The Bertz CT molecular complexity index is 424. The highest BCUT2D eigenvalue weighted by Gasteiger charge is 2.28. The summed E-state index contributed by atoms with van der Waals surface area (Å²) in [6, 6.07) is 3.34. The highest BCUT2D eigenvalue weighted by Crippen LogP contribution is 2.23. The van der Waals surface area contributed by atoms with Crippen LogP contribution in [0.5, 0.6) is 0 Å². The fourth-order valence-corrected chi connectivity index (χ4v) is 1.48. The number of hydrogen-bond acceptors (Lipinski definition) is 3. The van der Waals surface area contributed by atoms with E-state index in [4.69, 9.17) is 5.73 Å². The van der Waals surface area contributed by atoms with E-state index in [-0.39, 0.29) is 5.91 Å². The van der Waals surface area contributed by atoms with E-state index in [9.17, 15) is 9.59 Å². The number of imide groups is 1. The van der Waals surface area contributed by atoms with Crippen molar-refractivity contribution >= 4 is 17.5 Å². The Kier molecular flexibility index (Phi) is 1.39. The van der Waals surface area contributed by atoms with Gasteiger partial charge in [-0.1, -0.05) is 0 Å². The highest BCUT2D eigenvalue weighted by atomic mass is 16.2. The summed E-state index contributed by atoms with van der Waals surface area (Å²) in [6.07, 6.45) is 0. The molecule has 1 aromatic carbocycles. The van der Waals surface area contributed by atoms with Crippen molar-refractivity contribution < 1.29 is 9.59 Å². The van der Waals surface area contributed by atoms with E-state index < -0.39 is 5.91 Å². The van der Waals surface area contributed by atoms with Crippen LogP contribution >= 0.6 is 0 Å². The van der Waals surface area contributed by atoms with Crippen molar-refractivity contribution in [3.8, 4) is 0 Å². The van der Waals surface area contributed by atoms with Crippen LogP contribution in [0.25, 0.3) is 0 Å². The number of aryl methyl sites for hydroxylation is 1. The first kappa shape index (κ1) is 7.79. The minimum Gasteiger partial charge on any atom is -0.398 e. The lowest BCUT2D eigenvalue weighted by molar-refractivity contribution is 0.0880. The Labute approximate surface area is 74.7 Å². The maximum atomic E-state index is 11.2. The summed E-state index contributed by atoms with van der Waals surface area (Å²) in [5.41, 5.74) is 7.53. The number of rotatable bonds is 0. The van der Waals surface area contributed by atoms with Crippen LogP contribution in [0.1, 0.15) is 26.3 Å². The van der Waals surface area contributed by atoms with Gasteiger partial charge in [0.15, 0.2) is 0 Å². The number of nitrogens with one attached hydrogen (secondary N) is 1. The molecule has 2 amide bonds. The SMILES string of the molecule is Cc1cc(N)c2c(c1)C(=O)NC2=O. The number of carbonyl (C=O) groups is 2. The molecule has 13 heavy (non-hydrogen) atoms. The fourth-order valence-electron chi connectivity index (χ4n) is 1.48. The normalized spacial score (nSPS) is 14.2. The van der Waals surface area contributed by atoms with E-state index in [0.717, 1.165) is 5.56 Å². The summed E-state index contributed by atoms with van der Waals surface area (Å²) in [5.74, 6) is -0.770. The molecule has 3 N–H and O–H groups in total. The molecule has 4 nitrogen and oxygen atoms in total. The summed E-state index contributed by atoms with van der Waals surface area (Å²) >= 11 is 0. The first-order valence-electron chi connectivity index (χ1n) is 3.85. The standard InChI is InChI=1S/C9H8N2O2/c1-4-2-5-7(6(10)3-4)9(13)11-8(5)12/h2-3H,10H2,1H3,(H,11,12,13). The van der Waals surface area contributed by atoms with E-state index >= 15 is 0 Å². The largest absolute Gasteiger partial charge is 0.398 e. The molecule has 0 saturated heterocycles. The van der Waals surface area contributed by atoms with Crippen LogP contribution in [0.2, 0.25) is 0 Å². The van der Waals surface area contributed by atoms with Crippen LogP contribution in [-0.2, 0) is 0 Å². The molecule has 1 aliphatic heterocycles. The van der Waals surface area contributed by atoms with E-state index in [0.29, 0.717) is 16.8 Å². The van der Waals surface area contributed by atoms with Gasteiger partial charge in [0, 0.05) is 5.69 Å². The van der Waals surface area contributed by atoms with Gasteiger partial charge in [0.05, 0.1) is 11.1 Å². The highest BCUT2D eigenvalue weighted by molar-refractivity contribution is 6.23. The Hall–Kier alpha value is -1.84. The molecule has 0 bridgehead atoms. The Morgan fingerprint density at radius 3 is 2.62 bits per heavy atom. The van der Waals surface area contributed by atoms with Crippen LogP contribution in [0.4, 0.5) is 5.69 Å². The molecule has 1 aromatic rings. The Balaban J connectivity index is 2.77. The second kappa shape index (κ2) is 2.32. The zero-order chi connectivity index (χ0) is 9.59. The quantitative estimate of drug-likeness (QED) is 0.445. The number of fused-ring (bicyclic) bond motifs is 1. The lowest BCUT2D eigenvalue weighted by Gasteiger charge is -2.00. The van der Waals surface area contributed by atoms with Crippen molar-refractivity contribution in [1.29, 1.82) is 0 Å². The molecule has 0 saturated carbocycles. The minimum atomic E-state index is -0.405. The molecule has 0 fully saturated rings. The van der Waals surface area contributed by atoms with Crippen LogP contribution in [0.15, 0.2) is 12.1 Å². The number of amides is 2. The molecular formula is C9H8N2O2. The first-order valence-corrected chi connectivity index (χ1v) is 3.85. The van der Waals surface area contributed by atoms with Crippen LogP contribution in [0, 0.1) is 6.92 Å². The van der Waals surface area contributed by atoms with E-state index in [1.54, 1.807) is 12.1 Å². The van der Waals surface area contributed by atoms with Crippen molar-refractivity contribution in [2.45, 2.75) is 6.92 Å². The lowest BCUT2D eigenvalue weighted by atomic mass is 10.0. The van der Waals surface area contributed by atoms with Gasteiger partial charge in [-0.2, -0.15) is 0 Å². The molecular weight excluding hydrogens is 168 g/mol. The number of benzene rings is 1. The summed E-state index contributed by atoms with van der Waals surface area (Å²) < 4.78 is 0. The van der Waals surface area contributed by atoms with Crippen molar-refractivity contribution in [2.24, 2.45) is 0 Å². The van der Waals surface area contributed by atoms with Gasteiger partial charge in [0.1, 0.15) is 0 Å². The van der Waals surface area contributed by atoms with Gasteiger partial charge >= 0.3 is 0 Å². The van der Waals surface area contributed by atoms with Crippen molar-refractivity contribution in [1.82, 2.24) is 5.32 Å². The number of anilines is 1. The van der Waals surface area contributed by atoms with E-state index in [1.165, 1.54) is 0 Å². The number of hydrogen-bond donors (Lipinski definition) is 2. The predicted molar refractivity (Wildman–Crippen MR) is 47.4 cm³/mol. The summed E-state index contributed by atoms with van der Waals surface area (Å²) in [7, 11) is 0. The molecule has 0 atom stereocenters. The smallest absolute Gasteiger partial charge is 0.261 e. The van der Waals surface area contributed by atoms with Gasteiger partial charge in [-0.25, -0.2) is 0 Å². The third-order valence-corrected chi connectivity index (χ3v) is 2.01. The molecule has 0 radical (unpaired) electrons. The second-order valence-corrected chi connectivity index (χ2v) is 3.06. The second-order valence-electron chi connectivity index (χ2n) is 3.06. The van der Waals surface area contributed by atoms with Crippen LogP contribution < -0.4 is 11.1 Å². The molecule has 0 spiro atoms. The third kappa shape index (κ3) is 0.989. The van der Waals surface area contributed by atoms with Gasteiger partial charge in [0.2, 0.25) is 0 Å². The molecule has 2 rings (SSSR count). The summed E-state index contributed by atoms with van der Waals surface area (Å²) in [4.78, 5) is 22.4. The monoisotopic (exact) mass is 176 g/mol. The average Bonchev–Trinajstić information content (AvgIpc) is 2.27. The molecule has 0 unspecified atom stereocenters. The van der Waals surface area contributed by atoms with Gasteiger partial charge in [-0.05, 0) is 24.6 Å². The summed E-state index contributed by atoms with van der Waals surface area (Å²) in [5, 5.41) is 2.19. The number of carbonyl (C=O) groups excluding carboxylic acids is 2. The van der Waals surface area contributed by atoms with Gasteiger partial charge in [-0.3, -0.25) is 14.9 Å². The van der Waals surface area contributed by atoms with Gasteiger partial charge in [0.25, 0.3) is 11.8 Å². The molecule has 1 aliphatic rings. The van der Waals surface area contributed by atoms with Crippen molar-refractivity contribution in [2.75, 3.05) is 5.73 Å². The topological polar surface area (TPSA) is 72.2 Å². The lowest BCUT2D eigenvalue weighted by Crippen LogP contribution is -2.20. The van der Waals surface area contributed by atoms with Crippen molar-refractivity contribution in [3.05, 3.63) is 28.8 Å². The molecule has 0 aromatic heterocycles. The Morgan fingerprint density at radius 1 is 1.23 bits per heavy atom. The molecule has 4 heteroatoms. The predicted octanol–water partition coefficient (Wildman–Crippen LogP) is 0.461. The van der Waals surface area contributed by atoms with E-state index in [2.05, 4.69) is 5.32 Å². The maximum Gasteiger partial charge on any atom is 0.261 e. The first-order chi connectivity index (χ1) is 6.09. The van der Waals surface area contributed by atoms with Crippen LogP contribution in [0.3, 0.4) is 0 Å². The van der Waals surface area contributed by atoms with Gasteiger partial charge < -0.3 is 5.73 Å². The Morgan fingerprint density at radius 2 is 1.92 bits per heavy atom. The zero-order valence-corrected chi connectivity index (χ0v) is 7.05. The van der Waals surface area contributed by atoms with Crippen LogP contribution in [-0.4, -0.2) is 11.8 Å². The maximum absolute atomic E-state index is 11.2. The number of nitrogens with two attached hydrogens (primary N) is 1. The molecule has 1 heterocycles. The molecule has 0 aliphatic carbocycles. The zero-order valence-electron chi connectivity index (χ0n) is 7.05. The van der Waals surface area contributed by atoms with E-state index in [1.807, 2.05) is 6.92 Å². The minimum absolute atomic E-state index is 0.301. The number of nitrogen functional groups attached to an aromatic ring is 1.